The molecule has 0 saturated heterocycles. The molecule has 0 aliphatic rings. The lowest BCUT2D eigenvalue weighted by Gasteiger charge is -2.32. The van der Waals surface area contributed by atoms with Gasteiger partial charge >= 0.3 is 0 Å². The summed E-state index contributed by atoms with van der Waals surface area (Å²) in [6.45, 7) is 9.83. The summed E-state index contributed by atoms with van der Waals surface area (Å²) in [5.74, 6) is 1.23. The van der Waals surface area contributed by atoms with Crippen molar-refractivity contribution in [2.24, 2.45) is 0 Å². The van der Waals surface area contributed by atoms with Crippen molar-refractivity contribution >= 4 is 42.3 Å². The van der Waals surface area contributed by atoms with Crippen LogP contribution >= 0.6 is 31.9 Å². The monoisotopic (exact) mass is 456 g/mol. The van der Waals surface area contributed by atoms with Crippen LogP contribution in [-0.2, 0) is 5.41 Å². The van der Waals surface area contributed by atoms with Crippen LogP contribution in [-0.4, -0.2) is 26.2 Å². The standard InChI is InChI=1S/C15H23Br2FO3Si/c1-7-8(2)11(20-6)10(14(3,4)5)12(21-22)9(7)13(19)15(16,17)18/h13,19H,1-6,22H3. The Labute approximate surface area is 151 Å². The van der Waals surface area contributed by atoms with Gasteiger partial charge in [-0.15, -0.1) is 0 Å². The number of halogens is 3. The number of aliphatic hydroxyl groups excluding tert-OH is 1. The van der Waals surface area contributed by atoms with Crippen LogP contribution in [0.25, 0.3) is 0 Å². The average molecular weight is 458 g/mol. The molecule has 1 N–H and O–H groups in total. The van der Waals surface area contributed by atoms with Gasteiger partial charge in [0.25, 0.3) is 0 Å². The highest BCUT2D eigenvalue weighted by Gasteiger charge is 2.39. The molecule has 0 spiro atoms. The number of aliphatic hydroxyl groups is 1. The Morgan fingerprint density at radius 2 is 1.64 bits per heavy atom. The Kier molecular flexibility index (Phi) is 6.15. The van der Waals surface area contributed by atoms with Crippen LogP contribution in [0.4, 0.5) is 4.39 Å². The summed E-state index contributed by atoms with van der Waals surface area (Å²) >= 11 is 5.68. The van der Waals surface area contributed by atoms with Gasteiger partial charge in [0.1, 0.15) is 17.6 Å². The number of benzene rings is 1. The third-order valence-corrected chi connectivity index (χ3v) is 5.02. The summed E-state index contributed by atoms with van der Waals surface area (Å²) in [7, 11) is 2.03. The maximum Gasteiger partial charge on any atom is 0.248 e. The maximum atomic E-state index is 14.2. The van der Waals surface area contributed by atoms with E-state index in [0.717, 1.165) is 22.4 Å². The number of hydrogen-bond donors (Lipinski definition) is 1. The van der Waals surface area contributed by atoms with Gasteiger partial charge in [0, 0.05) is 11.1 Å². The van der Waals surface area contributed by atoms with Gasteiger partial charge in [0.2, 0.25) is 14.0 Å². The molecule has 0 heterocycles. The number of alkyl halides is 3. The van der Waals surface area contributed by atoms with Crippen LogP contribution < -0.4 is 9.16 Å². The van der Waals surface area contributed by atoms with E-state index in [-0.39, 0.29) is 5.41 Å². The molecule has 1 aromatic rings. The van der Waals surface area contributed by atoms with Crippen molar-refractivity contribution in [3.8, 4) is 11.5 Å². The van der Waals surface area contributed by atoms with Crippen molar-refractivity contribution in [3.05, 3.63) is 22.3 Å². The molecule has 3 nitrogen and oxygen atoms in total. The Morgan fingerprint density at radius 1 is 1.14 bits per heavy atom. The van der Waals surface area contributed by atoms with E-state index < -0.39 is 9.59 Å². The lowest BCUT2D eigenvalue weighted by Crippen LogP contribution is -2.23. The van der Waals surface area contributed by atoms with Crippen LogP contribution in [0.1, 0.15) is 49.1 Å². The van der Waals surface area contributed by atoms with Crippen molar-refractivity contribution in [1.82, 2.24) is 0 Å². The Morgan fingerprint density at radius 3 is 1.95 bits per heavy atom. The molecule has 0 radical (unpaired) electrons. The third kappa shape index (κ3) is 3.68. The average Bonchev–Trinajstić information content (AvgIpc) is 2.37. The summed E-state index contributed by atoms with van der Waals surface area (Å²) in [5.41, 5.74) is 2.62. The molecule has 0 aromatic heterocycles. The highest BCUT2D eigenvalue weighted by molar-refractivity contribution is 9.25. The number of ether oxygens (including phenoxy) is 1. The minimum Gasteiger partial charge on any atom is -0.553 e. The lowest BCUT2D eigenvalue weighted by molar-refractivity contribution is 0.111. The molecular formula is C15H23Br2FO3Si. The Hall–Kier alpha value is -0.113. The van der Waals surface area contributed by atoms with Crippen molar-refractivity contribution in [1.29, 1.82) is 0 Å². The molecule has 0 saturated carbocycles. The Bertz CT molecular complexity index is 566. The van der Waals surface area contributed by atoms with Crippen molar-refractivity contribution in [2.45, 2.75) is 49.6 Å². The molecule has 1 aromatic carbocycles. The zero-order valence-electron chi connectivity index (χ0n) is 14.0. The van der Waals surface area contributed by atoms with E-state index in [9.17, 15) is 9.50 Å². The molecular weight excluding hydrogens is 435 g/mol. The summed E-state index contributed by atoms with van der Waals surface area (Å²) in [6, 6.07) is 0. The lowest BCUT2D eigenvalue weighted by atomic mass is 9.80. The zero-order valence-corrected chi connectivity index (χ0v) is 19.1. The summed E-state index contributed by atoms with van der Waals surface area (Å²) in [6.07, 6.45) is -1.41. The first kappa shape index (κ1) is 19.9. The molecule has 126 valence electrons. The molecule has 7 heteroatoms. The molecule has 1 unspecified atom stereocenters. The molecule has 0 amide bonds. The first-order valence-corrected chi connectivity index (χ1v) is 9.28. The first-order valence-electron chi connectivity index (χ1n) is 6.88. The molecule has 0 aliphatic heterocycles. The van der Waals surface area contributed by atoms with Gasteiger partial charge in [-0.2, -0.15) is 0 Å². The van der Waals surface area contributed by atoms with Crippen molar-refractivity contribution in [3.63, 3.8) is 0 Å². The predicted molar refractivity (Wildman–Crippen MR) is 98.4 cm³/mol. The number of rotatable bonds is 4. The highest BCUT2D eigenvalue weighted by atomic mass is 79.9. The normalized spacial score (nSPS) is 14.1. The fourth-order valence-electron chi connectivity index (χ4n) is 2.61. The number of hydrogen-bond acceptors (Lipinski definition) is 3. The molecule has 0 fully saturated rings. The van der Waals surface area contributed by atoms with Gasteiger partial charge in [-0.25, -0.2) is 4.39 Å². The number of methoxy groups -OCH3 is 1. The van der Waals surface area contributed by atoms with Gasteiger partial charge in [-0.05, 0) is 62.2 Å². The molecule has 22 heavy (non-hydrogen) atoms. The minimum atomic E-state index is -2.13. The third-order valence-electron chi connectivity index (χ3n) is 3.75. The summed E-state index contributed by atoms with van der Waals surface area (Å²) in [4.78, 5) is 0. The van der Waals surface area contributed by atoms with E-state index in [4.69, 9.17) is 9.16 Å². The summed E-state index contributed by atoms with van der Waals surface area (Å²) < 4.78 is 23.4. The van der Waals surface area contributed by atoms with Gasteiger partial charge in [0.15, 0.2) is 0 Å². The van der Waals surface area contributed by atoms with E-state index in [1.54, 1.807) is 7.11 Å². The second-order valence-corrected chi connectivity index (χ2v) is 10.1. The van der Waals surface area contributed by atoms with Gasteiger partial charge in [-0.3, -0.25) is 0 Å². The molecule has 0 bridgehead atoms. The van der Waals surface area contributed by atoms with Crippen LogP contribution in [0.5, 0.6) is 11.5 Å². The second kappa shape index (κ2) is 6.79. The van der Waals surface area contributed by atoms with E-state index >= 15 is 0 Å². The van der Waals surface area contributed by atoms with Gasteiger partial charge < -0.3 is 14.3 Å². The Balaban J connectivity index is 3.91. The smallest absolute Gasteiger partial charge is 0.248 e. The fraction of sp³-hybridized carbons (Fsp3) is 0.600. The molecule has 1 atom stereocenters. The van der Waals surface area contributed by atoms with Crippen LogP contribution in [0.15, 0.2) is 0 Å². The molecule has 1 rings (SSSR count). The second-order valence-electron chi connectivity index (χ2n) is 6.30. The largest absolute Gasteiger partial charge is 0.553 e. The highest BCUT2D eigenvalue weighted by Crippen LogP contribution is 2.51. The van der Waals surface area contributed by atoms with Crippen LogP contribution in [0.2, 0.25) is 0 Å². The quantitative estimate of drug-likeness (QED) is 0.553. The van der Waals surface area contributed by atoms with Crippen molar-refractivity contribution in [2.75, 3.05) is 7.11 Å². The SMILES string of the molecule is COc1c(C)c(C)c(C(O)C(F)(Br)Br)c(O[SiH3])c1C(C)(C)C. The van der Waals surface area contributed by atoms with E-state index in [0.29, 0.717) is 21.8 Å². The minimum absolute atomic E-state index is 0.282. The van der Waals surface area contributed by atoms with E-state index in [1.165, 1.54) is 0 Å². The maximum absolute atomic E-state index is 14.2. The topological polar surface area (TPSA) is 38.7 Å². The van der Waals surface area contributed by atoms with Crippen LogP contribution in [0.3, 0.4) is 0 Å². The zero-order chi connectivity index (χ0) is 17.5. The summed E-state index contributed by atoms with van der Waals surface area (Å²) in [5, 5.41) is 10.5. The van der Waals surface area contributed by atoms with Crippen molar-refractivity contribution < 1.29 is 18.7 Å². The fourth-order valence-corrected chi connectivity index (χ4v) is 3.49. The van der Waals surface area contributed by atoms with Gasteiger partial charge in [-0.1, -0.05) is 20.8 Å². The van der Waals surface area contributed by atoms with E-state index in [2.05, 4.69) is 31.9 Å². The van der Waals surface area contributed by atoms with Gasteiger partial charge in [0.05, 0.1) is 7.11 Å². The van der Waals surface area contributed by atoms with E-state index in [1.807, 2.05) is 34.6 Å². The van der Waals surface area contributed by atoms with Crippen LogP contribution in [0, 0.1) is 13.8 Å². The predicted octanol–water partition coefficient (Wildman–Crippen LogP) is 3.72. The first-order chi connectivity index (χ1) is 9.87. The molecule has 0 aliphatic carbocycles.